The highest BCUT2D eigenvalue weighted by Crippen LogP contribution is 2.23. The minimum absolute atomic E-state index is 0.135. The summed E-state index contributed by atoms with van der Waals surface area (Å²) in [6.07, 6.45) is 1.90. The van der Waals surface area contributed by atoms with E-state index in [0.717, 1.165) is 28.1 Å². The number of methoxy groups -OCH3 is 1. The predicted molar refractivity (Wildman–Crippen MR) is 112 cm³/mol. The number of carbonyl (C=O) groups is 1. The average molecular weight is 357 g/mol. The largest absolute Gasteiger partial charge is 0.497 e. The second kappa shape index (κ2) is 8.37. The standard InChI is InChI=1S/C24H23NO2/c1-17-9-14-23(18(2)15-17)25-24(26)22(20-7-5-4-6-8-20)16-19-10-12-21(27-3)13-11-19/h4-16H,1-3H3,(H,25,26)/b22-16+. The normalized spacial score (nSPS) is 11.1. The van der Waals surface area contributed by atoms with Gasteiger partial charge in [0.2, 0.25) is 0 Å². The number of ether oxygens (including phenoxy) is 1. The molecule has 0 saturated heterocycles. The van der Waals surface area contributed by atoms with Gasteiger partial charge in [0.1, 0.15) is 5.75 Å². The molecule has 3 rings (SSSR count). The van der Waals surface area contributed by atoms with Crippen LogP contribution in [0.1, 0.15) is 22.3 Å². The van der Waals surface area contributed by atoms with Crippen LogP contribution in [-0.4, -0.2) is 13.0 Å². The molecule has 0 bridgehead atoms. The van der Waals surface area contributed by atoms with E-state index in [9.17, 15) is 4.79 Å². The first-order valence-corrected chi connectivity index (χ1v) is 8.86. The van der Waals surface area contributed by atoms with Crippen LogP contribution in [0.3, 0.4) is 0 Å². The Bertz CT molecular complexity index is 957. The molecule has 0 atom stereocenters. The van der Waals surface area contributed by atoms with Crippen molar-refractivity contribution in [3.8, 4) is 5.75 Å². The zero-order valence-corrected chi connectivity index (χ0v) is 15.8. The molecule has 0 spiro atoms. The lowest BCUT2D eigenvalue weighted by atomic mass is 10.0. The van der Waals surface area contributed by atoms with Gasteiger partial charge >= 0.3 is 0 Å². The highest BCUT2D eigenvalue weighted by Gasteiger charge is 2.13. The molecule has 0 unspecified atom stereocenters. The number of hydrogen-bond donors (Lipinski definition) is 1. The van der Waals surface area contributed by atoms with E-state index < -0.39 is 0 Å². The lowest BCUT2D eigenvalue weighted by molar-refractivity contribution is -0.111. The number of benzene rings is 3. The number of anilines is 1. The molecule has 0 fully saturated rings. The van der Waals surface area contributed by atoms with Crippen molar-refractivity contribution in [1.82, 2.24) is 0 Å². The van der Waals surface area contributed by atoms with Crippen molar-refractivity contribution in [2.45, 2.75) is 13.8 Å². The zero-order chi connectivity index (χ0) is 19.2. The maximum absolute atomic E-state index is 13.1. The molecule has 3 aromatic rings. The number of amides is 1. The molecule has 0 aliphatic rings. The molecule has 0 aliphatic carbocycles. The summed E-state index contributed by atoms with van der Waals surface area (Å²) >= 11 is 0. The highest BCUT2D eigenvalue weighted by molar-refractivity contribution is 6.29. The lowest BCUT2D eigenvalue weighted by Gasteiger charge is -2.12. The van der Waals surface area contributed by atoms with Crippen LogP contribution in [0.5, 0.6) is 5.75 Å². The summed E-state index contributed by atoms with van der Waals surface area (Å²) in [6.45, 7) is 4.04. The van der Waals surface area contributed by atoms with Crippen LogP contribution in [0.25, 0.3) is 11.6 Å². The minimum Gasteiger partial charge on any atom is -0.497 e. The molecule has 0 aromatic heterocycles. The van der Waals surface area contributed by atoms with E-state index >= 15 is 0 Å². The van der Waals surface area contributed by atoms with E-state index in [1.165, 1.54) is 5.56 Å². The fraction of sp³-hybridized carbons (Fsp3) is 0.125. The van der Waals surface area contributed by atoms with Gasteiger partial charge in [-0.05, 0) is 54.8 Å². The van der Waals surface area contributed by atoms with Crippen LogP contribution in [0.2, 0.25) is 0 Å². The monoisotopic (exact) mass is 357 g/mol. The van der Waals surface area contributed by atoms with E-state index in [2.05, 4.69) is 11.4 Å². The average Bonchev–Trinajstić information content (AvgIpc) is 2.69. The number of carbonyl (C=O) groups excluding carboxylic acids is 1. The van der Waals surface area contributed by atoms with Crippen molar-refractivity contribution < 1.29 is 9.53 Å². The van der Waals surface area contributed by atoms with Gasteiger partial charge in [-0.3, -0.25) is 4.79 Å². The minimum atomic E-state index is -0.135. The summed E-state index contributed by atoms with van der Waals surface area (Å²) in [6, 6.07) is 23.3. The second-order valence-corrected chi connectivity index (χ2v) is 6.47. The Labute approximate surface area is 160 Å². The third-order valence-electron chi connectivity index (χ3n) is 4.39. The molecule has 3 nitrogen and oxygen atoms in total. The summed E-state index contributed by atoms with van der Waals surface area (Å²) in [5, 5.41) is 3.05. The Morgan fingerprint density at radius 3 is 2.26 bits per heavy atom. The van der Waals surface area contributed by atoms with Gasteiger partial charge in [-0.25, -0.2) is 0 Å². The quantitative estimate of drug-likeness (QED) is 0.484. The van der Waals surface area contributed by atoms with Crippen molar-refractivity contribution in [1.29, 1.82) is 0 Å². The molecule has 1 N–H and O–H groups in total. The Morgan fingerprint density at radius 1 is 0.926 bits per heavy atom. The second-order valence-electron chi connectivity index (χ2n) is 6.47. The Balaban J connectivity index is 1.96. The van der Waals surface area contributed by atoms with Crippen LogP contribution in [0.4, 0.5) is 5.69 Å². The van der Waals surface area contributed by atoms with E-state index in [-0.39, 0.29) is 5.91 Å². The number of aryl methyl sites for hydroxylation is 2. The van der Waals surface area contributed by atoms with Gasteiger partial charge < -0.3 is 10.1 Å². The fourth-order valence-corrected chi connectivity index (χ4v) is 2.91. The van der Waals surface area contributed by atoms with Gasteiger partial charge in [0, 0.05) is 11.3 Å². The molecule has 0 radical (unpaired) electrons. The third kappa shape index (κ3) is 4.64. The number of rotatable bonds is 5. The number of hydrogen-bond acceptors (Lipinski definition) is 2. The summed E-state index contributed by atoms with van der Waals surface area (Å²) in [5.74, 6) is 0.650. The van der Waals surface area contributed by atoms with E-state index in [0.29, 0.717) is 5.57 Å². The molecular weight excluding hydrogens is 334 g/mol. The molecule has 1 amide bonds. The van der Waals surface area contributed by atoms with Gasteiger partial charge in [0.25, 0.3) is 5.91 Å². The van der Waals surface area contributed by atoms with Crippen LogP contribution in [-0.2, 0) is 4.79 Å². The summed E-state index contributed by atoms with van der Waals surface area (Å²) < 4.78 is 5.21. The SMILES string of the molecule is COc1ccc(/C=C(/C(=O)Nc2ccc(C)cc2C)c2ccccc2)cc1. The van der Waals surface area contributed by atoms with Gasteiger partial charge in [-0.1, -0.05) is 60.2 Å². The smallest absolute Gasteiger partial charge is 0.256 e. The summed E-state index contributed by atoms with van der Waals surface area (Å²) in [4.78, 5) is 13.1. The van der Waals surface area contributed by atoms with Crippen LogP contribution < -0.4 is 10.1 Å². The maximum atomic E-state index is 13.1. The van der Waals surface area contributed by atoms with Crippen molar-refractivity contribution in [2.75, 3.05) is 12.4 Å². The topological polar surface area (TPSA) is 38.3 Å². The van der Waals surface area contributed by atoms with Crippen molar-refractivity contribution in [3.63, 3.8) is 0 Å². The highest BCUT2D eigenvalue weighted by atomic mass is 16.5. The van der Waals surface area contributed by atoms with Crippen LogP contribution in [0.15, 0.2) is 72.8 Å². The molecule has 0 aliphatic heterocycles. The number of nitrogens with one attached hydrogen (secondary N) is 1. The molecule has 136 valence electrons. The Morgan fingerprint density at radius 2 is 1.63 bits per heavy atom. The maximum Gasteiger partial charge on any atom is 0.256 e. The first-order valence-electron chi connectivity index (χ1n) is 8.86. The van der Waals surface area contributed by atoms with E-state index in [1.54, 1.807) is 7.11 Å². The summed E-state index contributed by atoms with van der Waals surface area (Å²) in [5.41, 5.74) is 5.45. The van der Waals surface area contributed by atoms with Crippen LogP contribution >= 0.6 is 0 Å². The lowest BCUT2D eigenvalue weighted by Crippen LogP contribution is -2.14. The van der Waals surface area contributed by atoms with Gasteiger partial charge in [0.05, 0.1) is 7.11 Å². The van der Waals surface area contributed by atoms with Gasteiger partial charge in [0.15, 0.2) is 0 Å². The van der Waals surface area contributed by atoms with Crippen LogP contribution in [0, 0.1) is 13.8 Å². The predicted octanol–water partition coefficient (Wildman–Crippen LogP) is 5.49. The van der Waals surface area contributed by atoms with Crippen molar-refractivity contribution in [3.05, 3.63) is 95.1 Å². The molecule has 27 heavy (non-hydrogen) atoms. The molecule has 3 heteroatoms. The van der Waals surface area contributed by atoms with Gasteiger partial charge in [-0.15, -0.1) is 0 Å². The Kier molecular flexibility index (Phi) is 5.72. The van der Waals surface area contributed by atoms with Crippen molar-refractivity contribution in [2.24, 2.45) is 0 Å². The zero-order valence-electron chi connectivity index (χ0n) is 15.8. The first kappa shape index (κ1) is 18.5. The molecule has 3 aromatic carbocycles. The van der Waals surface area contributed by atoms with E-state index in [4.69, 9.17) is 4.74 Å². The van der Waals surface area contributed by atoms with Crippen molar-refractivity contribution >= 4 is 23.2 Å². The molecule has 0 heterocycles. The fourth-order valence-electron chi connectivity index (χ4n) is 2.91. The summed E-state index contributed by atoms with van der Waals surface area (Å²) in [7, 11) is 1.64. The molecular formula is C24H23NO2. The Hall–Kier alpha value is -3.33. The van der Waals surface area contributed by atoms with Gasteiger partial charge in [-0.2, -0.15) is 0 Å². The van der Waals surface area contributed by atoms with E-state index in [1.807, 2.05) is 86.7 Å². The first-order chi connectivity index (χ1) is 13.1. The molecule has 0 saturated carbocycles. The third-order valence-corrected chi connectivity index (χ3v) is 4.39.